The minimum Gasteiger partial charge on any atom is -0.325 e. The second kappa shape index (κ2) is 9.51. The van der Waals surface area contributed by atoms with Crippen LogP contribution in [0, 0.1) is 5.82 Å². The summed E-state index contributed by atoms with van der Waals surface area (Å²) in [6, 6.07) is 14.0. The quantitative estimate of drug-likeness (QED) is 0.443. The van der Waals surface area contributed by atoms with E-state index in [4.69, 9.17) is 16.7 Å². The Morgan fingerprint density at radius 3 is 2.62 bits per heavy atom. The third-order valence-electron chi connectivity index (χ3n) is 6.39. The summed E-state index contributed by atoms with van der Waals surface area (Å²) >= 11 is 5.92. The SMILES string of the molecule is CC(C)c1cccc(NC(=O)[C@@H]2C[C@H](c3ccn(C(C)(C)C)n3)[C@H](c3ccc(Cl)c(F)c3)N2)c1. The van der Waals surface area contributed by atoms with E-state index in [9.17, 15) is 9.18 Å². The first-order valence-corrected chi connectivity index (χ1v) is 12.1. The van der Waals surface area contributed by atoms with Gasteiger partial charge in [-0.3, -0.25) is 14.8 Å². The first kappa shape index (κ1) is 24.4. The number of benzene rings is 2. The van der Waals surface area contributed by atoms with E-state index in [1.165, 1.54) is 6.07 Å². The zero-order valence-corrected chi connectivity index (χ0v) is 21.0. The number of aromatic nitrogens is 2. The molecule has 0 spiro atoms. The fraction of sp³-hybridized carbons (Fsp3) is 0.407. The first-order valence-electron chi connectivity index (χ1n) is 11.7. The molecule has 7 heteroatoms. The van der Waals surface area contributed by atoms with E-state index < -0.39 is 11.9 Å². The molecule has 1 fully saturated rings. The van der Waals surface area contributed by atoms with E-state index in [-0.39, 0.29) is 28.4 Å². The van der Waals surface area contributed by atoms with Gasteiger partial charge in [-0.05, 0) is 74.6 Å². The molecule has 5 nitrogen and oxygen atoms in total. The van der Waals surface area contributed by atoms with Crippen LogP contribution in [0.4, 0.5) is 10.1 Å². The Kier molecular flexibility index (Phi) is 6.83. The van der Waals surface area contributed by atoms with E-state index in [2.05, 4.69) is 51.3 Å². The maximum atomic E-state index is 14.3. The van der Waals surface area contributed by atoms with E-state index in [0.29, 0.717) is 12.3 Å². The van der Waals surface area contributed by atoms with Gasteiger partial charge in [0.2, 0.25) is 5.91 Å². The van der Waals surface area contributed by atoms with Crippen LogP contribution in [0.15, 0.2) is 54.7 Å². The Bertz CT molecular complexity index is 1180. The zero-order chi connectivity index (χ0) is 24.6. The molecular formula is C27H32ClFN4O. The van der Waals surface area contributed by atoms with Gasteiger partial charge in [0.25, 0.3) is 0 Å². The van der Waals surface area contributed by atoms with Crippen molar-refractivity contribution in [3.63, 3.8) is 0 Å². The van der Waals surface area contributed by atoms with Crippen molar-refractivity contribution < 1.29 is 9.18 Å². The molecular weight excluding hydrogens is 451 g/mol. The molecule has 0 saturated carbocycles. The topological polar surface area (TPSA) is 59.0 Å². The summed E-state index contributed by atoms with van der Waals surface area (Å²) in [5.74, 6) is -0.314. The molecule has 180 valence electrons. The first-order chi connectivity index (χ1) is 16.0. The number of nitrogens with zero attached hydrogens (tertiary/aromatic N) is 2. The van der Waals surface area contributed by atoms with Crippen molar-refractivity contribution in [3.8, 4) is 0 Å². The van der Waals surface area contributed by atoms with Gasteiger partial charge in [-0.15, -0.1) is 0 Å². The van der Waals surface area contributed by atoms with E-state index >= 15 is 0 Å². The number of carbonyl (C=O) groups excluding carboxylic acids is 1. The smallest absolute Gasteiger partial charge is 0.241 e. The average molecular weight is 483 g/mol. The Morgan fingerprint density at radius 1 is 1.21 bits per heavy atom. The highest BCUT2D eigenvalue weighted by Gasteiger charge is 2.40. The highest BCUT2D eigenvalue weighted by atomic mass is 35.5. The number of hydrogen-bond donors (Lipinski definition) is 2. The number of halogens is 2. The van der Waals surface area contributed by atoms with Crippen molar-refractivity contribution in [1.82, 2.24) is 15.1 Å². The van der Waals surface area contributed by atoms with E-state index in [1.54, 1.807) is 6.07 Å². The van der Waals surface area contributed by atoms with Crippen LogP contribution in [0.25, 0.3) is 0 Å². The van der Waals surface area contributed by atoms with Crippen molar-refractivity contribution in [1.29, 1.82) is 0 Å². The van der Waals surface area contributed by atoms with Crippen molar-refractivity contribution in [3.05, 3.63) is 82.4 Å². The normalized spacial score (nSPS) is 20.6. The molecule has 0 aliphatic carbocycles. The van der Waals surface area contributed by atoms with E-state index in [0.717, 1.165) is 22.5 Å². The summed E-state index contributed by atoms with van der Waals surface area (Å²) in [6.45, 7) is 10.5. The lowest BCUT2D eigenvalue weighted by Gasteiger charge is -2.21. The van der Waals surface area contributed by atoms with Gasteiger partial charge in [-0.1, -0.05) is 43.6 Å². The number of carbonyl (C=O) groups is 1. The molecule has 1 aliphatic heterocycles. The van der Waals surface area contributed by atoms with Crippen molar-refractivity contribution in [2.45, 2.75) is 70.5 Å². The third kappa shape index (κ3) is 5.18. The number of nitrogens with one attached hydrogen (secondary N) is 2. The van der Waals surface area contributed by atoms with Gasteiger partial charge in [-0.25, -0.2) is 4.39 Å². The second-order valence-corrected chi connectivity index (χ2v) is 10.7. The maximum Gasteiger partial charge on any atom is 0.241 e. The van der Waals surface area contributed by atoms with E-state index in [1.807, 2.05) is 41.2 Å². The fourth-order valence-electron chi connectivity index (χ4n) is 4.41. The van der Waals surface area contributed by atoms with Gasteiger partial charge < -0.3 is 5.32 Å². The molecule has 34 heavy (non-hydrogen) atoms. The van der Waals surface area contributed by atoms with Crippen LogP contribution < -0.4 is 10.6 Å². The molecule has 1 amide bonds. The molecule has 2 heterocycles. The van der Waals surface area contributed by atoms with Crippen LogP contribution in [0.2, 0.25) is 5.02 Å². The molecule has 3 aromatic rings. The van der Waals surface area contributed by atoms with Gasteiger partial charge in [0.05, 0.1) is 22.3 Å². The average Bonchev–Trinajstić information content (AvgIpc) is 3.43. The lowest BCUT2D eigenvalue weighted by Crippen LogP contribution is -2.36. The minimum atomic E-state index is -0.474. The molecule has 3 atom stereocenters. The minimum absolute atomic E-state index is 0.0784. The van der Waals surface area contributed by atoms with Crippen LogP contribution in [0.3, 0.4) is 0 Å². The van der Waals surface area contributed by atoms with Gasteiger partial charge in [0.15, 0.2) is 0 Å². The molecule has 1 aromatic heterocycles. The van der Waals surface area contributed by atoms with Gasteiger partial charge in [0.1, 0.15) is 5.82 Å². The molecule has 0 bridgehead atoms. The molecule has 0 unspecified atom stereocenters. The van der Waals surface area contributed by atoms with Crippen LogP contribution in [0.1, 0.15) is 75.7 Å². The molecule has 1 saturated heterocycles. The van der Waals surface area contributed by atoms with Crippen LogP contribution in [-0.2, 0) is 10.3 Å². The number of anilines is 1. The zero-order valence-electron chi connectivity index (χ0n) is 20.3. The molecule has 0 radical (unpaired) electrons. The number of hydrogen-bond acceptors (Lipinski definition) is 3. The van der Waals surface area contributed by atoms with Crippen LogP contribution in [0.5, 0.6) is 0 Å². The van der Waals surface area contributed by atoms with Crippen LogP contribution >= 0.6 is 11.6 Å². The monoisotopic (exact) mass is 482 g/mol. The summed E-state index contributed by atoms with van der Waals surface area (Å²) in [5.41, 5.74) is 3.39. The van der Waals surface area contributed by atoms with Crippen molar-refractivity contribution >= 4 is 23.2 Å². The lowest BCUT2D eigenvalue weighted by molar-refractivity contribution is -0.117. The highest BCUT2D eigenvalue weighted by Crippen LogP contribution is 2.41. The van der Waals surface area contributed by atoms with Crippen LogP contribution in [-0.4, -0.2) is 21.7 Å². The second-order valence-electron chi connectivity index (χ2n) is 10.3. The standard InChI is InChI=1S/C27H32ClFN4O/c1-16(2)17-7-6-8-19(13-17)30-26(34)24-15-20(23-11-12-33(32-23)27(3,4)5)25(31-24)18-9-10-21(28)22(29)14-18/h6-14,16,20,24-25,31H,15H2,1-5H3,(H,30,34)/t20-,24+,25+/m1/s1. The summed E-state index contributed by atoms with van der Waals surface area (Å²) in [4.78, 5) is 13.2. The third-order valence-corrected chi connectivity index (χ3v) is 6.70. The summed E-state index contributed by atoms with van der Waals surface area (Å²) in [7, 11) is 0. The Hall–Kier alpha value is -2.70. The molecule has 1 aliphatic rings. The van der Waals surface area contributed by atoms with Crippen molar-refractivity contribution in [2.24, 2.45) is 0 Å². The molecule has 2 N–H and O–H groups in total. The van der Waals surface area contributed by atoms with Gasteiger partial charge in [-0.2, -0.15) is 5.10 Å². The summed E-state index contributed by atoms with van der Waals surface area (Å²) < 4.78 is 16.2. The summed E-state index contributed by atoms with van der Waals surface area (Å²) in [5, 5.41) is 11.4. The van der Waals surface area contributed by atoms with Crippen molar-refractivity contribution in [2.75, 3.05) is 5.32 Å². The molecule has 2 aromatic carbocycles. The largest absolute Gasteiger partial charge is 0.325 e. The lowest BCUT2D eigenvalue weighted by atomic mass is 9.90. The predicted octanol–water partition coefficient (Wildman–Crippen LogP) is 6.38. The predicted molar refractivity (Wildman–Crippen MR) is 135 cm³/mol. The molecule has 4 rings (SSSR count). The Morgan fingerprint density at radius 2 is 1.97 bits per heavy atom. The highest BCUT2D eigenvalue weighted by molar-refractivity contribution is 6.30. The number of amides is 1. The Balaban J connectivity index is 1.61. The maximum absolute atomic E-state index is 14.3. The van der Waals surface area contributed by atoms with Gasteiger partial charge >= 0.3 is 0 Å². The fourth-order valence-corrected chi connectivity index (χ4v) is 4.53. The number of rotatable bonds is 5. The summed E-state index contributed by atoms with van der Waals surface area (Å²) in [6.07, 6.45) is 2.51. The Labute approximate surface area is 205 Å². The van der Waals surface area contributed by atoms with Gasteiger partial charge in [0, 0.05) is 23.8 Å².